The molecule has 1 unspecified atom stereocenters. The first kappa shape index (κ1) is 16.0. The maximum absolute atomic E-state index is 12.9. The number of hydrogen-bond donors (Lipinski definition) is 1. The van der Waals surface area contributed by atoms with E-state index < -0.39 is 24.0 Å². The highest BCUT2D eigenvalue weighted by molar-refractivity contribution is 5.89. The van der Waals surface area contributed by atoms with E-state index in [1.165, 1.54) is 0 Å². The largest absolute Gasteiger partial charge is 0.479 e. The maximum atomic E-state index is 12.9. The van der Waals surface area contributed by atoms with Crippen molar-refractivity contribution in [3.8, 4) is 0 Å². The molecule has 0 saturated carbocycles. The number of carboxylic acid groups (broad SMARTS) is 1. The first-order valence-electron chi connectivity index (χ1n) is 7.83. The molecule has 3 atom stereocenters. The highest BCUT2D eigenvalue weighted by Gasteiger charge is 2.51. The lowest BCUT2D eigenvalue weighted by Crippen LogP contribution is -2.46. The molecule has 6 heteroatoms. The average molecular weight is 319 g/mol. The number of amides is 1. The van der Waals surface area contributed by atoms with Crippen LogP contribution in [0.4, 0.5) is 0 Å². The molecule has 1 aromatic carbocycles. The second-order valence-electron chi connectivity index (χ2n) is 6.42. The van der Waals surface area contributed by atoms with E-state index in [0.29, 0.717) is 6.54 Å². The quantitative estimate of drug-likeness (QED) is 0.921. The van der Waals surface area contributed by atoms with Crippen molar-refractivity contribution in [1.29, 1.82) is 0 Å². The number of nitrogens with zero attached hydrogens (tertiary/aromatic N) is 1. The van der Waals surface area contributed by atoms with Gasteiger partial charge in [-0.1, -0.05) is 30.3 Å². The number of likely N-dealkylation sites (tertiary alicyclic amines) is 1. The molecule has 3 rings (SSSR count). The van der Waals surface area contributed by atoms with E-state index >= 15 is 0 Å². The zero-order valence-electron chi connectivity index (χ0n) is 13.3. The maximum Gasteiger partial charge on any atom is 0.336 e. The normalized spacial score (nSPS) is 29.7. The molecule has 23 heavy (non-hydrogen) atoms. The Labute approximate surface area is 135 Å². The van der Waals surface area contributed by atoms with Gasteiger partial charge in [-0.25, -0.2) is 4.79 Å². The van der Waals surface area contributed by atoms with Crippen LogP contribution in [0.15, 0.2) is 30.3 Å². The second-order valence-corrected chi connectivity index (χ2v) is 6.42. The molecule has 2 saturated heterocycles. The Kier molecular flexibility index (Phi) is 4.12. The van der Waals surface area contributed by atoms with E-state index in [1.54, 1.807) is 18.7 Å². The van der Waals surface area contributed by atoms with Gasteiger partial charge in [0.15, 0.2) is 18.0 Å². The SMILES string of the molecule is CC1(C)O[C@@H](C(=O)O)[C@H](C(=O)N2CCCC2c2ccccc2)O1. The van der Waals surface area contributed by atoms with Crippen LogP contribution in [0, 0.1) is 0 Å². The number of aliphatic carboxylic acids is 1. The van der Waals surface area contributed by atoms with Crippen LogP contribution in [0.1, 0.15) is 38.3 Å². The number of hydrogen-bond acceptors (Lipinski definition) is 4. The number of benzene rings is 1. The first-order valence-corrected chi connectivity index (χ1v) is 7.83. The van der Waals surface area contributed by atoms with Gasteiger partial charge < -0.3 is 19.5 Å². The van der Waals surface area contributed by atoms with Crippen molar-refractivity contribution in [3.63, 3.8) is 0 Å². The molecule has 2 aliphatic rings. The van der Waals surface area contributed by atoms with Gasteiger partial charge >= 0.3 is 5.97 Å². The fourth-order valence-corrected chi connectivity index (χ4v) is 3.34. The Morgan fingerprint density at radius 3 is 2.48 bits per heavy atom. The number of carbonyl (C=O) groups is 2. The molecule has 1 amide bonds. The van der Waals surface area contributed by atoms with Gasteiger partial charge in [-0.2, -0.15) is 0 Å². The lowest BCUT2D eigenvalue weighted by molar-refractivity contribution is -0.167. The van der Waals surface area contributed by atoms with Gasteiger partial charge in [0.05, 0.1) is 6.04 Å². The zero-order chi connectivity index (χ0) is 16.6. The fraction of sp³-hybridized carbons (Fsp3) is 0.529. The van der Waals surface area contributed by atoms with Crippen LogP contribution in [-0.2, 0) is 19.1 Å². The Bertz CT molecular complexity index is 600. The minimum atomic E-state index is -1.27. The molecule has 1 N–H and O–H groups in total. The summed E-state index contributed by atoms with van der Waals surface area (Å²) in [4.78, 5) is 26.0. The predicted octanol–water partition coefficient (Wildman–Crippen LogP) is 1.95. The van der Waals surface area contributed by atoms with Crippen molar-refractivity contribution in [1.82, 2.24) is 4.90 Å². The van der Waals surface area contributed by atoms with E-state index in [0.717, 1.165) is 18.4 Å². The van der Waals surface area contributed by atoms with E-state index in [4.69, 9.17) is 9.47 Å². The monoisotopic (exact) mass is 319 g/mol. The van der Waals surface area contributed by atoms with Gasteiger partial charge in [-0.05, 0) is 32.3 Å². The Morgan fingerprint density at radius 2 is 1.83 bits per heavy atom. The standard InChI is InChI=1S/C17H21NO5/c1-17(2)22-13(14(23-17)16(20)21)15(19)18-10-6-9-12(18)11-7-4-3-5-8-11/h3-5,7-8,12-14H,6,9-10H2,1-2H3,(H,20,21)/t12?,13-,14-/m1/s1. The molecule has 2 heterocycles. The lowest BCUT2D eigenvalue weighted by atomic mass is 10.0. The zero-order valence-corrected chi connectivity index (χ0v) is 13.3. The Morgan fingerprint density at radius 1 is 1.17 bits per heavy atom. The van der Waals surface area contributed by atoms with Crippen LogP contribution in [0.25, 0.3) is 0 Å². The molecule has 124 valence electrons. The predicted molar refractivity (Wildman–Crippen MR) is 81.6 cm³/mol. The minimum Gasteiger partial charge on any atom is -0.479 e. The summed E-state index contributed by atoms with van der Waals surface area (Å²) >= 11 is 0. The van der Waals surface area contributed by atoms with Crippen LogP contribution in [-0.4, -0.2) is 46.4 Å². The third-order valence-corrected chi connectivity index (χ3v) is 4.30. The van der Waals surface area contributed by atoms with Gasteiger partial charge in [-0.3, -0.25) is 4.79 Å². The van der Waals surface area contributed by atoms with Gasteiger partial charge in [0.25, 0.3) is 5.91 Å². The molecule has 0 spiro atoms. The average Bonchev–Trinajstić information content (AvgIpc) is 3.11. The topological polar surface area (TPSA) is 76.1 Å². The molecule has 2 fully saturated rings. The minimum absolute atomic E-state index is 0.0366. The summed E-state index contributed by atoms with van der Waals surface area (Å²) in [6, 6.07) is 9.75. The number of ether oxygens (including phenoxy) is 2. The number of rotatable bonds is 3. The van der Waals surface area contributed by atoms with E-state index in [-0.39, 0.29) is 11.9 Å². The van der Waals surface area contributed by atoms with Gasteiger partial charge in [0.1, 0.15) is 0 Å². The van der Waals surface area contributed by atoms with Crippen molar-refractivity contribution >= 4 is 11.9 Å². The summed E-state index contributed by atoms with van der Waals surface area (Å²) in [7, 11) is 0. The van der Waals surface area contributed by atoms with E-state index in [1.807, 2.05) is 30.3 Å². The molecule has 1 aromatic rings. The second kappa shape index (κ2) is 5.94. The van der Waals surface area contributed by atoms with Crippen molar-refractivity contribution < 1.29 is 24.2 Å². The van der Waals surface area contributed by atoms with Crippen molar-refractivity contribution in [3.05, 3.63) is 35.9 Å². The molecule has 0 aromatic heterocycles. The van der Waals surface area contributed by atoms with Crippen LogP contribution in [0.5, 0.6) is 0 Å². The van der Waals surface area contributed by atoms with E-state index in [9.17, 15) is 14.7 Å². The van der Waals surface area contributed by atoms with Crippen LogP contribution >= 0.6 is 0 Å². The fourth-order valence-electron chi connectivity index (χ4n) is 3.34. The molecule has 0 aliphatic carbocycles. The summed E-state index contributed by atoms with van der Waals surface area (Å²) < 4.78 is 11.0. The molecule has 0 radical (unpaired) electrons. The van der Waals surface area contributed by atoms with Crippen molar-refractivity contribution in [2.45, 2.75) is 50.7 Å². The van der Waals surface area contributed by atoms with Crippen molar-refractivity contribution in [2.24, 2.45) is 0 Å². The lowest BCUT2D eigenvalue weighted by Gasteiger charge is -2.28. The van der Waals surface area contributed by atoms with Gasteiger partial charge in [-0.15, -0.1) is 0 Å². The Balaban J connectivity index is 1.83. The number of carboxylic acids is 1. The summed E-state index contributed by atoms with van der Waals surface area (Å²) in [5.41, 5.74) is 1.06. The Hall–Kier alpha value is -1.92. The molecule has 0 bridgehead atoms. The van der Waals surface area contributed by atoms with Crippen LogP contribution in [0.3, 0.4) is 0 Å². The van der Waals surface area contributed by atoms with E-state index in [2.05, 4.69) is 0 Å². The summed E-state index contributed by atoms with van der Waals surface area (Å²) in [6.07, 6.45) is -0.619. The van der Waals surface area contributed by atoms with Crippen LogP contribution < -0.4 is 0 Å². The molecular formula is C17H21NO5. The van der Waals surface area contributed by atoms with Crippen molar-refractivity contribution in [2.75, 3.05) is 6.54 Å². The molecule has 2 aliphatic heterocycles. The van der Waals surface area contributed by atoms with Gasteiger partial charge in [0.2, 0.25) is 0 Å². The highest BCUT2D eigenvalue weighted by Crippen LogP contribution is 2.36. The summed E-state index contributed by atoms with van der Waals surface area (Å²) in [6.45, 7) is 3.84. The third-order valence-electron chi connectivity index (χ3n) is 4.30. The van der Waals surface area contributed by atoms with Crippen LogP contribution in [0.2, 0.25) is 0 Å². The number of carbonyl (C=O) groups excluding carboxylic acids is 1. The molecule has 6 nitrogen and oxygen atoms in total. The third kappa shape index (κ3) is 3.09. The first-order chi connectivity index (χ1) is 10.9. The summed E-state index contributed by atoms with van der Waals surface area (Å²) in [5, 5.41) is 9.31. The summed E-state index contributed by atoms with van der Waals surface area (Å²) in [5.74, 6) is -2.57. The highest BCUT2D eigenvalue weighted by atomic mass is 16.8. The molecular weight excluding hydrogens is 298 g/mol. The van der Waals surface area contributed by atoms with Gasteiger partial charge in [0, 0.05) is 6.54 Å². The smallest absolute Gasteiger partial charge is 0.336 e.